The molecule has 8 heteroatoms. The van der Waals surface area contributed by atoms with E-state index in [0.717, 1.165) is 0 Å². The Balaban J connectivity index is 1.82. The molecule has 3 rings (SSSR count). The van der Waals surface area contributed by atoms with Crippen molar-refractivity contribution in [3.05, 3.63) is 64.1 Å². The molecule has 0 saturated heterocycles. The Kier molecular flexibility index (Phi) is 4.42. The van der Waals surface area contributed by atoms with Gasteiger partial charge in [0.25, 0.3) is 11.5 Å². The van der Waals surface area contributed by atoms with Crippen molar-refractivity contribution in [1.82, 2.24) is 15.6 Å². The molecule has 25 heavy (non-hydrogen) atoms. The minimum Gasteiger partial charge on any atom is -0.504 e. The second kappa shape index (κ2) is 6.83. The highest BCUT2D eigenvalue weighted by Crippen LogP contribution is 2.25. The number of hydrazone groups is 1. The Bertz CT molecular complexity index is 1030. The van der Waals surface area contributed by atoms with Gasteiger partial charge in [0.1, 0.15) is 0 Å². The van der Waals surface area contributed by atoms with Crippen molar-refractivity contribution in [2.24, 2.45) is 5.10 Å². The number of methoxy groups -OCH3 is 1. The first-order valence-electron chi connectivity index (χ1n) is 7.28. The van der Waals surface area contributed by atoms with E-state index >= 15 is 0 Å². The average molecular weight is 338 g/mol. The zero-order valence-electron chi connectivity index (χ0n) is 13.2. The fourth-order valence-corrected chi connectivity index (χ4v) is 2.28. The van der Waals surface area contributed by atoms with Gasteiger partial charge >= 0.3 is 0 Å². The third-order valence-corrected chi connectivity index (χ3v) is 3.49. The molecule has 1 aromatic heterocycles. The Morgan fingerprint density at radius 2 is 2.04 bits per heavy atom. The number of fused-ring (bicyclic) bond motifs is 1. The summed E-state index contributed by atoms with van der Waals surface area (Å²) in [7, 11) is 1.44. The first kappa shape index (κ1) is 16.2. The van der Waals surface area contributed by atoms with Crippen molar-refractivity contribution in [3.63, 3.8) is 0 Å². The van der Waals surface area contributed by atoms with E-state index in [1.807, 2.05) is 0 Å². The minimum absolute atomic E-state index is 0.00703. The van der Waals surface area contributed by atoms with Gasteiger partial charge < -0.3 is 9.84 Å². The second-order valence-corrected chi connectivity index (χ2v) is 5.08. The summed E-state index contributed by atoms with van der Waals surface area (Å²) in [5, 5.41) is 20.3. The Hall–Kier alpha value is -3.68. The van der Waals surface area contributed by atoms with Gasteiger partial charge in [0.2, 0.25) is 0 Å². The maximum Gasteiger partial charge on any atom is 0.292 e. The second-order valence-electron chi connectivity index (χ2n) is 5.08. The zero-order chi connectivity index (χ0) is 17.8. The number of hydrogen-bond donors (Lipinski definition) is 3. The van der Waals surface area contributed by atoms with Crippen molar-refractivity contribution < 1.29 is 14.6 Å². The predicted molar refractivity (Wildman–Crippen MR) is 92.1 cm³/mol. The van der Waals surface area contributed by atoms with E-state index in [4.69, 9.17) is 4.74 Å². The third-order valence-electron chi connectivity index (χ3n) is 3.49. The molecular weight excluding hydrogens is 324 g/mol. The van der Waals surface area contributed by atoms with Gasteiger partial charge in [-0.25, -0.2) is 10.5 Å². The van der Waals surface area contributed by atoms with Crippen molar-refractivity contribution in [1.29, 1.82) is 0 Å². The monoisotopic (exact) mass is 338 g/mol. The Morgan fingerprint density at radius 3 is 2.80 bits per heavy atom. The number of benzene rings is 2. The van der Waals surface area contributed by atoms with E-state index in [9.17, 15) is 14.7 Å². The Morgan fingerprint density at radius 1 is 1.28 bits per heavy atom. The fourth-order valence-electron chi connectivity index (χ4n) is 2.28. The molecule has 0 bridgehead atoms. The number of phenols is 1. The molecular formula is C17H14N4O4. The highest BCUT2D eigenvalue weighted by atomic mass is 16.5. The number of phenolic OH excluding ortho intramolecular Hbond substituents is 1. The summed E-state index contributed by atoms with van der Waals surface area (Å²) in [6.07, 6.45) is 1.40. The van der Waals surface area contributed by atoms with Gasteiger partial charge in [-0.3, -0.25) is 9.59 Å². The van der Waals surface area contributed by atoms with Crippen LogP contribution < -0.4 is 15.7 Å². The highest BCUT2D eigenvalue weighted by molar-refractivity contribution is 6.04. The van der Waals surface area contributed by atoms with Crippen LogP contribution in [0.15, 0.2) is 52.4 Å². The predicted octanol–water partition coefficient (Wildman–Crippen LogP) is 1.40. The van der Waals surface area contributed by atoms with E-state index in [1.54, 1.807) is 36.4 Å². The molecule has 2 aromatic carbocycles. The molecule has 0 aliphatic rings. The lowest BCUT2D eigenvalue weighted by atomic mass is 10.1. The summed E-state index contributed by atoms with van der Waals surface area (Å²) >= 11 is 0. The van der Waals surface area contributed by atoms with Crippen LogP contribution in [-0.2, 0) is 0 Å². The molecule has 1 amide bonds. The normalized spacial score (nSPS) is 10.9. The van der Waals surface area contributed by atoms with Crippen molar-refractivity contribution in [2.75, 3.05) is 7.11 Å². The van der Waals surface area contributed by atoms with Gasteiger partial charge in [0.15, 0.2) is 17.2 Å². The summed E-state index contributed by atoms with van der Waals surface area (Å²) in [5.74, 6) is -0.259. The number of H-pyrrole nitrogens is 1. The number of rotatable bonds is 4. The molecule has 3 aromatic rings. The van der Waals surface area contributed by atoms with E-state index in [0.29, 0.717) is 22.1 Å². The van der Waals surface area contributed by atoms with Gasteiger partial charge in [-0.2, -0.15) is 10.2 Å². The number of carbonyl (C=O) groups excluding carboxylic acids is 1. The van der Waals surface area contributed by atoms with Gasteiger partial charge in [0, 0.05) is 5.39 Å². The molecule has 126 valence electrons. The number of ether oxygens (including phenoxy) is 1. The molecule has 3 N–H and O–H groups in total. The summed E-state index contributed by atoms with van der Waals surface area (Å²) in [5.41, 5.74) is 2.67. The number of aromatic amines is 1. The number of aromatic hydroxyl groups is 1. The standard InChI is InChI=1S/C17H14N4O4/c1-25-14-8-10(6-7-13(14)22)9-18-20-17(24)15-11-4-2-3-5-12(11)16(23)21-19-15/h2-9,22H,1H3,(H,20,24)(H,21,23)/b18-9+. The van der Waals surface area contributed by atoms with Crippen LogP contribution in [0.3, 0.4) is 0 Å². The largest absolute Gasteiger partial charge is 0.504 e. The molecule has 0 aliphatic carbocycles. The first-order valence-corrected chi connectivity index (χ1v) is 7.28. The average Bonchev–Trinajstić information content (AvgIpc) is 2.63. The van der Waals surface area contributed by atoms with Crippen LogP contribution in [-0.4, -0.2) is 34.5 Å². The van der Waals surface area contributed by atoms with E-state index in [2.05, 4.69) is 20.7 Å². The summed E-state index contributed by atoms with van der Waals surface area (Å²) in [6, 6.07) is 11.3. The van der Waals surface area contributed by atoms with Crippen molar-refractivity contribution in [2.45, 2.75) is 0 Å². The third kappa shape index (κ3) is 3.32. The smallest absolute Gasteiger partial charge is 0.292 e. The molecule has 0 atom stereocenters. The molecule has 0 radical (unpaired) electrons. The SMILES string of the molecule is COc1cc(/C=N/NC(=O)c2n[nH]c(=O)c3ccccc23)ccc1O. The van der Waals surface area contributed by atoms with Crippen LogP contribution in [0.4, 0.5) is 0 Å². The maximum atomic E-state index is 12.3. The first-order chi connectivity index (χ1) is 12.1. The number of hydrogen-bond acceptors (Lipinski definition) is 6. The number of nitrogens with one attached hydrogen (secondary N) is 2. The molecule has 0 saturated carbocycles. The lowest BCUT2D eigenvalue weighted by molar-refractivity contribution is 0.0951. The maximum absolute atomic E-state index is 12.3. The highest BCUT2D eigenvalue weighted by Gasteiger charge is 2.13. The molecule has 8 nitrogen and oxygen atoms in total. The van der Waals surface area contributed by atoms with Crippen LogP contribution in [0.25, 0.3) is 10.8 Å². The number of carbonyl (C=O) groups is 1. The summed E-state index contributed by atoms with van der Waals surface area (Å²) in [4.78, 5) is 24.0. The Labute approximate surface area is 141 Å². The quantitative estimate of drug-likeness (QED) is 0.491. The fraction of sp³-hybridized carbons (Fsp3) is 0.0588. The van der Waals surface area contributed by atoms with E-state index in [-0.39, 0.29) is 17.0 Å². The van der Waals surface area contributed by atoms with E-state index < -0.39 is 5.91 Å². The van der Waals surface area contributed by atoms with Gasteiger partial charge in [0.05, 0.1) is 18.7 Å². The van der Waals surface area contributed by atoms with Crippen LogP contribution in [0.5, 0.6) is 11.5 Å². The topological polar surface area (TPSA) is 117 Å². The lowest BCUT2D eigenvalue weighted by Gasteiger charge is -2.04. The number of amides is 1. The summed E-state index contributed by atoms with van der Waals surface area (Å²) in [6.45, 7) is 0. The van der Waals surface area contributed by atoms with Gasteiger partial charge in [-0.1, -0.05) is 18.2 Å². The lowest BCUT2D eigenvalue weighted by Crippen LogP contribution is -2.22. The molecule has 0 unspecified atom stereocenters. The molecule has 0 aliphatic heterocycles. The van der Waals surface area contributed by atoms with Crippen LogP contribution in [0.2, 0.25) is 0 Å². The molecule has 0 spiro atoms. The van der Waals surface area contributed by atoms with E-state index in [1.165, 1.54) is 19.4 Å². The van der Waals surface area contributed by atoms with Crippen molar-refractivity contribution >= 4 is 22.9 Å². The van der Waals surface area contributed by atoms with Gasteiger partial charge in [-0.15, -0.1) is 0 Å². The van der Waals surface area contributed by atoms with Gasteiger partial charge in [-0.05, 0) is 29.8 Å². The van der Waals surface area contributed by atoms with Crippen molar-refractivity contribution in [3.8, 4) is 11.5 Å². The van der Waals surface area contributed by atoms with Crippen LogP contribution in [0, 0.1) is 0 Å². The zero-order valence-corrected chi connectivity index (χ0v) is 13.2. The number of nitrogens with zero attached hydrogens (tertiary/aromatic N) is 2. The number of aromatic nitrogens is 2. The van der Waals surface area contributed by atoms with Crippen LogP contribution >= 0.6 is 0 Å². The van der Waals surface area contributed by atoms with Crippen LogP contribution in [0.1, 0.15) is 16.1 Å². The molecule has 1 heterocycles. The minimum atomic E-state index is -0.561. The molecule has 0 fully saturated rings. The summed E-state index contributed by atoms with van der Waals surface area (Å²) < 4.78 is 5.00.